The lowest BCUT2D eigenvalue weighted by molar-refractivity contribution is -0.115. The number of carbonyl (C=O) groups is 2. The molecule has 0 aliphatic carbocycles. The third kappa shape index (κ3) is 6.19. The fraction of sp³-hybridized carbons (Fsp3) is 0.174. The number of nitrogen functional groups attached to an aromatic ring is 2. The van der Waals surface area contributed by atoms with Gasteiger partial charge in [-0.2, -0.15) is 0 Å². The maximum Gasteiger partial charge on any atom is 0.547 e. The van der Waals surface area contributed by atoms with Crippen molar-refractivity contribution in [3.8, 4) is 11.5 Å². The predicted molar refractivity (Wildman–Crippen MR) is 140 cm³/mol. The van der Waals surface area contributed by atoms with Gasteiger partial charge in [0.25, 0.3) is 5.91 Å². The van der Waals surface area contributed by atoms with E-state index >= 15 is 0 Å². The molecular formula is C23H23BN6O7S. The van der Waals surface area contributed by atoms with Crippen LogP contribution in [0.25, 0.3) is 0 Å². The Bertz CT molecular complexity index is 1380. The zero-order valence-corrected chi connectivity index (χ0v) is 20.6. The number of ether oxygens (including phenoxy) is 1. The fourth-order valence-corrected chi connectivity index (χ4v) is 4.14. The lowest BCUT2D eigenvalue weighted by atomic mass is 9.72. The number of thiazole rings is 1. The molecule has 0 spiro atoms. The van der Waals surface area contributed by atoms with E-state index in [-0.39, 0.29) is 53.3 Å². The highest BCUT2D eigenvalue weighted by molar-refractivity contribution is 7.13. The normalized spacial score (nSPS) is 14.7. The number of para-hydroxylation sites is 1. The Hall–Kier alpha value is -4.63. The fourth-order valence-electron chi connectivity index (χ4n) is 3.59. The largest absolute Gasteiger partial charge is 0.547 e. The highest BCUT2D eigenvalue weighted by Gasteiger charge is 2.38. The second kappa shape index (κ2) is 11.6. The number of aromatic carboxylic acids is 1. The smallest absolute Gasteiger partial charge is 0.534 e. The lowest BCUT2D eigenvalue weighted by Gasteiger charge is -2.28. The average Bonchev–Trinajstić information content (AvgIpc) is 3.32. The number of amidine groups is 1. The first-order chi connectivity index (χ1) is 18.2. The second-order valence-corrected chi connectivity index (χ2v) is 8.91. The summed E-state index contributed by atoms with van der Waals surface area (Å²) < 4.78 is 11.0. The van der Waals surface area contributed by atoms with E-state index in [9.17, 15) is 19.7 Å². The van der Waals surface area contributed by atoms with Crippen LogP contribution >= 0.6 is 11.3 Å². The molecule has 15 heteroatoms. The topological polar surface area (TPSA) is 215 Å². The maximum absolute atomic E-state index is 13.1. The number of benzene rings is 2. The van der Waals surface area contributed by atoms with Crippen molar-refractivity contribution >= 4 is 47.0 Å². The van der Waals surface area contributed by atoms with E-state index in [0.717, 1.165) is 11.3 Å². The summed E-state index contributed by atoms with van der Waals surface area (Å²) in [5, 5.41) is 35.5. The van der Waals surface area contributed by atoms with Crippen LogP contribution in [0.4, 0.5) is 5.13 Å². The SMILES string of the molecule is N=C(N)c1ccc(OCCO/N=C(\C(=O)N[C@H]2Cc3cccc(C(=O)O)c3OB2O)c2csc(N)n2)cc1. The van der Waals surface area contributed by atoms with Crippen molar-refractivity contribution in [3.05, 3.63) is 70.2 Å². The molecule has 196 valence electrons. The third-order valence-corrected chi connectivity index (χ3v) is 6.08. The minimum absolute atomic E-state index is 0.00857. The summed E-state index contributed by atoms with van der Waals surface area (Å²) in [6.45, 7) is 0.0975. The molecule has 0 unspecified atom stereocenters. The quantitative estimate of drug-likeness (QED) is 0.0696. The Morgan fingerprint density at radius 1 is 1.26 bits per heavy atom. The summed E-state index contributed by atoms with van der Waals surface area (Å²) in [4.78, 5) is 33.9. The Labute approximate surface area is 220 Å². The number of anilines is 1. The van der Waals surface area contributed by atoms with E-state index in [1.807, 2.05) is 0 Å². The molecule has 1 aliphatic heterocycles. The number of hydrogen-bond acceptors (Lipinski definition) is 11. The van der Waals surface area contributed by atoms with Crippen LogP contribution < -0.4 is 26.2 Å². The molecule has 0 saturated heterocycles. The van der Waals surface area contributed by atoms with Crippen molar-refractivity contribution in [1.82, 2.24) is 10.3 Å². The molecule has 13 nitrogen and oxygen atoms in total. The van der Waals surface area contributed by atoms with Crippen LogP contribution in [-0.4, -0.2) is 64.8 Å². The van der Waals surface area contributed by atoms with E-state index in [0.29, 0.717) is 16.9 Å². The maximum atomic E-state index is 13.1. The number of fused-ring (bicyclic) bond motifs is 1. The summed E-state index contributed by atoms with van der Waals surface area (Å²) >= 11 is 1.11. The number of rotatable bonds is 10. The number of nitrogens with zero attached hydrogens (tertiary/aromatic N) is 2. The highest BCUT2D eigenvalue weighted by Crippen LogP contribution is 2.30. The van der Waals surface area contributed by atoms with Crippen LogP contribution in [0.5, 0.6) is 11.5 Å². The molecule has 38 heavy (non-hydrogen) atoms. The molecule has 0 radical (unpaired) electrons. The number of carboxylic acids is 1. The first kappa shape index (κ1) is 26.4. The molecule has 2 aromatic carbocycles. The van der Waals surface area contributed by atoms with Gasteiger partial charge in [0, 0.05) is 10.9 Å². The van der Waals surface area contributed by atoms with Crippen molar-refractivity contribution in [2.75, 3.05) is 18.9 Å². The molecule has 0 fully saturated rings. The summed E-state index contributed by atoms with van der Waals surface area (Å²) in [6, 6.07) is 11.2. The van der Waals surface area contributed by atoms with Gasteiger partial charge in [0.05, 0.1) is 11.5 Å². The first-order valence-electron chi connectivity index (χ1n) is 11.2. The number of nitrogens with one attached hydrogen (secondary N) is 2. The molecule has 0 bridgehead atoms. The Morgan fingerprint density at radius 2 is 2.03 bits per heavy atom. The van der Waals surface area contributed by atoms with Crippen molar-refractivity contribution < 1.29 is 33.9 Å². The molecule has 1 aromatic heterocycles. The standard InChI is InChI=1S/C23H23BN6O7S/c25-20(26)12-4-6-14(7-5-12)35-8-9-36-30-18(16-11-38-23(27)28-16)21(31)29-17-10-13-2-1-3-15(22(32)33)19(13)37-24(17)34/h1-7,11,17,34H,8-10H2,(H3,25,26)(H2,27,28)(H,29,31)(H,32,33)/b30-18-/t17-/m0/s1. The first-order valence-corrected chi connectivity index (χ1v) is 12.1. The Morgan fingerprint density at radius 3 is 2.68 bits per heavy atom. The van der Waals surface area contributed by atoms with Crippen LogP contribution in [0.2, 0.25) is 0 Å². The van der Waals surface area contributed by atoms with E-state index < -0.39 is 24.9 Å². The number of hydrogen-bond donors (Lipinski definition) is 6. The number of nitrogens with two attached hydrogens (primary N) is 2. The van der Waals surface area contributed by atoms with Crippen molar-refractivity contribution in [1.29, 1.82) is 5.41 Å². The summed E-state index contributed by atoms with van der Waals surface area (Å²) in [7, 11) is -1.50. The van der Waals surface area contributed by atoms with Gasteiger partial charge in [-0.15, -0.1) is 11.3 Å². The molecule has 3 aromatic rings. The van der Waals surface area contributed by atoms with Gasteiger partial charge in [-0.3, -0.25) is 10.2 Å². The van der Waals surface area contributed by atoms with Gasteiger partial charge in [0.15, 0.2) is 17.5 Å². The number of carbonyl (C=O) groups excluding carboxylic acids is 1. The lowest BCUT2D eigenvalue weighted by Crippen LogP contribution is -2.54. The van der Waals surface area contributed by atoms with Crippen LogP contribution in [0.1, 0.15) is 27.2 Å². The van der Waals surface area contributed by atoms with Crippen LogP contribution in [0.15, 0.2) is 53.0 Å². The van der Waals surface area contributed by atoms with Gasteiger partial charge < -0.3 is 41.1 Å². The molecule has 1 aliphatic rings. The zero-order chi connectivity index (χ0) is 27.2. The van der Waals surface area contributed by atoms with Crippen LogP contribution in [0.3, 0.4) is 0 Å². The molecule has 8 N–H and O–H groups in total. The molecule has 1 atom stereocenters. The molecule has 0 saturated carbocycles. The van der Waals surface area contributed by atoms with Gasteiger partial charge in [0.2, 0.25) is 0 Å². The number of oxime groups is 1. The van der Waals surface area contributed by atoms with Gasteiger partial charge >= 0.3 is 13.1 Å². The third-order valence-electron chi connectivity index (χ3n) is 5.41. The van der Waals surface area contributed by atoms with E-state index in [1.54, 1.807) is 36.4 Å². The van der Waals surface area contributed by atoms with Crippen LogP contribution in [0, 0.1) is 5.41 Å². The van der Waals surface area contributed by atoms with E-state index in [2.05, 4.69) is 15.5 Å². The van der Waals surface area contributed by atoms with Crippen molar-refractivity contribution in [2.24, 2.45) is 10.9 Å². The second-order valence-electron chi connectivity index (χ2n) is 8.02. The van der Waals surface area contributed by atoms with E-state index in [4.69, 9.17) is 31.1 Å². The summed E-state index contributed by atoms with van der Waals surface area (Å²) in [5.74, 6) is -2.27. The number of carboxylic acid groups (broad SMARTS) is 1. The molecular weight excluding hydrogens is 515 g/mol. The Kier molecular flexibility index (Phi) is 8.08. The van der Waals surface area contributed by atoms with Crippen molar-refractivity contribution in [2.45, 2.75) is 12.4 Å². The zero-order valence-electron chi connectivity index (χ0n) is 19.8. The van der Waals surface area contributed by atoms with Crippen LogP contribution in [-0.2, 0) is 16.1 Å². The minimum atomic E-state index is -1.50. The Balaban J connectivity index is 1.41. The summed E-state index contributed by atoms with van der Waals surface area (Å²) in [5.41, 5.74) is 12.1. The average molecular weight is 538 g/mol. The number of amides is 1. The summed E-state index contributed by atoms with van der Waals surface area (Å²) in [6.07, 6.45) is 0.118. The van der Waals surface area contributed by atoms with Crippen molar-refractivity contribution in [3.63, 3.8) is 0 Å². The number of aromatic nitrogens is 1. The highest BCUT2D eigenvalue weighted by atomic mass is 32.1. The van der Waals surface area contributed by atoms with Gasteiger partial charge in [-0.1, -0.05) is 17.3 Å². The minimum Gasteiger partial charge on any atom is -0.534 e. The monoisotopic (exact) mass is 538 g/mol. The van der Waals surface area contributed by atoms with E-state index in [1.165, 1.54) is 11.4 Å². The van der Waals surface area contributed by atoms with Gasteiger partial charge in [-0.25, -0.2) is 9.78 Å². The predicted octanol–water partition coefficient (Wildman–Crippen LogP) is 0.647. The van der Waals surface area contributed by atoms with Gasteiger partial charge in [0.1, 0.15) is 29.6 Å². The molecule has 2 heterocycles. The molecule has 1 amide bonds. The van der Waals surface area contributed by atoms with Gasteiger partial charge in [-0.05, 0) is 42.3 Å². The molecule has 4 rings (SSSR count).